The van der Waals surface area contributed by atoms with E-state index in [1.165, 1.54) is 11.3 Å². The molecule has 19 heavy (non-hydrogen) atoms. The largest absolute Gasteiger partial charge is 0.479 e. The summed E-state index contributed by atoms with van der Waals surface area (Å²) in [6.45, 7) is 1.84. The lowest BCUT2D eigenvalue weighted by molar-refractivity contribution is -0.142. The van der Waals surface area contributed by atoms with Crippen LogP contribution in [0.25, 0.3) is 0 Å². The summed E-state index contributed by atoms with van der Waals surface area (Å²) in [5.41, 5.74) is 0. The van der Waals surface area contributed by atoms with Gasteiger partial charge in [0.1, 0.15) is 0 Å². The van der Waals surface area contributed by atoms with Gasteiger partial charge in [-0.15, -0.1) is 11.3 Å². The Morgan fingerprint density at radius 2 is 2.42 bits per heavy atom. The smallest absolute Gasteiger partial charge is 0.331 e. The lowest BCUT2D eigenvalue weighted by Gasteiger charge is -2.23. The van der Waals surface area contributed by atoms with Crippen molar-refractivity contribution in [2.75, 3.05) is 13.1 Å². The Hall–Kier alpha value is -1.40. The second-order valence-corrected chi connectivity index (χ2v) is 5.75. The summed E-state index contributed by atoms with van der Waals surface area (Å²) in [6, 6.07) is 2.59. The zero-order chi connectivity index (χ0) is 13.7. The summed E-state index contributed by atoms with van der Waals surface area (Å²) in [6.07, 6.45) is 2.49. The second kappa shape index (κ2) is 6.68. The summed E-state index contributed by atoms with van der Waals surface area (Å²) in [4.78, 5) is 23.8. The highest BCUT2D eigenvalue weighted by atomic mass is 32.1. The molecule has 2 atom stereocenters. The summed E-state index contributed by atoms with van der Waals surface area (Å²) in [5, 5.41) is 16.8. The van der Waals surface area contributed by atoms with Crippen LogP contribution in [0, 0.1) is 5.92 Å². The molecule has 2 rings (SSSR count). The van der Waals surface area contributed by atoms with E-state index >= 15 is 0 Å². The van der Waals surface area contributed by atoms with Gasteiger partial charge in [-0.25, -0.2) is 4.79 Å². The molecule has 1 aliphatic rings. The molecular weight excluding hydrogens is 264 g/mol. The standard InChI is InChI=1S/C13H18N2O3S/c16-11(7-9-3-1-5-14-8-9)15-12(13(17)18)10-4-2-6-19-10/h2,4,6,9,12,14H,1,3,5,7-8H2,(H,15,16)(H,17,18). The molecule has 3 N–H and O–H groups in total. The van der Waals surface area contributed by atoms with Gasteiger partial charge < -0.3 is 15.7 Å². The van der Waals surface area contributed by atoms with Gasteiger partial charge in [0.15, 0.2) is 6.04 Å². The third-order valence-electron chi connectivity index (χ3n) is 3.25. The molecule has 5 nitrogen and oxygen atoms in total. The zero-order valence-corrected chi connectivity index (χ0v) is 11.4. The Morgan fingerprint density at radius 3 is 3.00 bits per heavy atom. The minimum Gasteiger partial charge on any atom is -0.479 e. The van der Waals surface area contributed by atoms with E-state index in [1.54, 1.807) is 12.1 Å². The normalized spacial score (nSPS) is 20.7. The van der Waals surface area contributed by atoms with Crippen LogP contribution in [0.1, 0.15) is 30.2 Å². The van der Waals surface area contributed by atoms with E-state index in [2.05, 4.69) is 10.6 Å². The molecule has 6 heteroatoms. The number of amides is 1. The minimum atomic E-state index is -1.02. The third kappa shape index (κ3) is 4.04. The van der Waals surface area contributed by atoms with Crippen LogP contribution in [-0.2, 0) is 9.59 Å². The average molecular weight is 282 g/mol. The number of nitrogens with one attached hydrogen (secondary N) is 2. The van der Waals surface area contributed by atoms with E-state index in [9.17, 15) is 14.7 Å². The van der Waals surface area contributed by atoms with Gasteiger partial charge in [0.05, 0.1) is 0 Å². The van der Waals surface area contributed by atoms with Crippen molar-refractivity contribution in [3.63, 3.8) is 0 Å². The van der Waals surface area contributed by atoms with Crippen LogP contribution in [0.15, 0.2) is 17.5 Å². The van der Waals surface area contributed by atoms with Crippen molar-refractivity contribution >= 4 is 23.2 Å². The molecule has 1 aliphatic heterocycles. The van der Waals surface area contributed by atoms with Crippen molar-refractivity contribution in [1.29, 1.82) is 0 Å². The summed E-state index contributed by atoms with van der Waals surface area (Å²) in [7, 11) is 0. The van der Waals surface area contributed by atoms with Crippen molar-refractivity contribution in [2.24, 2.45) is 5.92 Å². The van der Waals surface area contributed by atoms with Crippen LogP contribution in [0.2, 0.25) is 0 Å². The Labute approximate surface area is 116 Å². The van der Waals surface area contributed by atoms with Gasteiger partial charge in [-0.3, -0.25) is 4.79 Å². The van der Waals surface area contributed by atoms with Gasteiger partial charge in [0, 0.05) is 11.3 Å². The molecule has 2 heterocycles. The first-order chi connectivity index (χ1) is 9.16. The second-order valence-electron chi connectivity index (χ2n) is 4.77. The third-order valence-corrected chi connectivity index (χ3v) is 4.19. The van der Waals surface area contributed by atoms with Crippen LogP contribution in [-0.4, -0.2) is 30.1 Å². The van der Waals surface area contributed by atoms with E-state index < -0.39 is 12.0 Å². The van der Waals surface area contributed by atoms with Crippen molar-refractivity contribution in [2.45, 2.75) is 25.3 Å². The van der Waals surface area contributed by atoms with Crippen molar-refractivity contribution in [3.05, 3.63) is 22.4 Å². The lowest BCUT2D eigenvalue weighted by Crippen LogP contribution is -2.37. The molecule has 1 saturated heterocycles. The predicted molar refractivity (Wildman–Crippen MR) is 73.0 cm³/mol. The SMILES string of the molecule is O=C(CC1CCCNC1)NC(C(=O)O)c1cccs1. The average Bonchev–Trinajstić information content (AvgIpc) is 2.90. The highest BCUT2D eigenvalue weighted by Crippen LogP contribution is 2.20. The molecular formula is C13H18N2O3S. The maximum Gasteiger partial charge on any atom is 0.331 e. The van der Waals surface area contributed by atoms with Crippen molar-refractivity contribution < 1.29 is 14.7 Å². The van der Waals surface area contributed by atoms with Gasteiger partial charge >= 0.3 is 5.97 Å². The molecule has 0 saturated carbocycles. The van der Waals surface area contributed by atoms with Gasteiger partial charge in [-0.1, -0.05) is 6.07 Å². The first kappa shape index (κ1) is 14.0. The molecule has 1 aromatic heterocycles. The zero-order valence-electron chi connectivity index (χ0n) is 10.6. The molecule has 1 aromatic rings. The van der Waals surface area contributed by atoms with Crippen LogP contribution < -0.4 is 10.6 Å². The van der Waals surface area contributed by atoms with Gasteiger partial charge in [-0.2, -0.15) is 0 Å². The van der Waals surface area contributed by atoms with Gasteiger partial charge in [0.25, 0.3) is 0 Å². The fourth-order valence-electron chi connectivity index (χ4n) is 2.29. The topological polar surface area (TPSA) is 78.4 Å². The monoisotopic (exact) mass is 282 g/mol. The molecule has 0 aliphatic carbocycles. The van der Waals surface area contributed by atoms with Crippen LogP contribution in [0.3, 0.4) is 0 Å². The Kier molecular flexibility index (Phi) is 4.93. The summed E-state index contributed by atoms with van der Waals surface area (Å²) < 4.78 is 0. The maximum absolute atomic E-state index is 11.9. The lowest BCUT2D eigenvalue weighted by atomic mass is 9.96. The molecule has 1 amide bonds. The first-order valence-corrected chi connectivity index (χ1v) is 7.31. The molecule has 104 valence electrons. The van der Waals surface area contributed by atoms with Gasteiger partial charge in [0.2, 0.25) is 5.91 Å². The number of carboxylic acids is 1. The minimum absolute atomic E-state index is 0.186. The number of carbonyl (C=O) groups is 2. The fraction of sp³-hybridized carbons (Fsp3) is 0.538. The van der Waals surface area contributed by atoms with E-state index in [0.717, 1.165) is 25.9 Å². The first-order valence-electron chi connectivity index (χ1n) is 6.43. The summed E-state index contributed by atoms with van der Waals surface area (Å²) >= 11 is 1.34. The van der Waals surface area contributed by atoms with Crippen molar-refractivity contribution in [3.8, 4) is 0 Å². The highest BCUT2D eigenvalue weighted by molar-refractivity contribution is 7.10. The van der Waals surface area contributed by atoms with Gasteiger partial charge in [-0.05, 0) is 43.3 Å². The predicted octanol–water partition coefficient (Wildman–Crippen LogP) is 1.38. The Morgan fingerprint density at radius 1 is 1.58 bits per heavy atom. The maximum atomic E-state index is 11.9. The van der Waals surface area contributed by atoms with E-state index in [0.29, 0.717) is 17.2 Å². The highest BCUT2D eigenvalue weighted by Gasteiger charge is 2.24. The molecule has 0 spiro atoms. The Balaban J connectivity index is 1.90. The van der Waals surface area contributed by atoms with E-state index in [-0.39, 0.29) is 5.91 Å². The molecule has 1 fully saturated rings. The number of carboxylic acid groups (broad SMARTS) is 1. The fourth-order valence-corrected chi connectivity index (χ4v) is 3.06. The Bertz CT molecular complexity index is 427. The van der Waals surface area contributed by atoms with Crippen molar-refractivity contribution in [1.82, 2.24) is 10.6 Å². The number of hydrogen-bond donors (Lipinski definition) is 3. The van der Waals surface area contributed by atoms with Crippen LogP contribution in [0.5, 0.6) is 0 Å². The molecule has 0 aromatic carbocycles. The quantitative estimate of drug-likeness (QED) is 0.762. The van der Waals surface area contributed by atoms with E-state index in [4.69, 9.17) is 0 Å². The van der Waals surface area contributed by atoms with Crippen LogP contribution >= 0.6 is 11.3 Å². The van der Waals surface area contributed by atoms with Crippen LogP contribution in [0.4, 0.5) is 0 Å². The summed E-state index contributed by atoms with van der Waals surface area (Å²) in [5.74, 6) is -0.890. The molecule has 2 unspecified atom stereocenters. The number of rotatable bonds is 5. The number of hydrogen-bond acceptors (Lipinski definition) is 4. The molecule has 0 bridgehead atoms. The number of thiophene rings is 1. The van der Waals surface area contributed by atoms with E-state index in [1.807, 2.05) is 5.38 Å². The number of carbonyl (C=O) groups excluding carboxylic acids is 1. The number of aliphatic carboxylic acids is 1. The molecule has 0 radical (unpaired) electrons. The number of piperidine rings is 1.